The van der Waals surface area contributed by atoms with E-state index < -0.39 is 0 Å². The van der Waals surface area contributed by atoms with Crippen LogP contribution in [0.4, 0.5) is 0 Å². The summed E-state index contributed by atoms with van der Waals surface area (Å²) >= 11 is 0. The average molecular weight is 204 g/mol. The highest BCUT2D eigenvalue weighted by atomic mass is 16.7. The first-order valence-electron chi connectivity index (χ1n) is 4.62. The number of benzene rings is 1. The van der Waals surface area contributed by atoms with E-state index in [4.69, 9.17) is 4.84 Å². The maximum Gasteiger partial charge on any atom is 0.277 e. The molecule has 0 fully saturated rings. The van der Waals surface area contributed by atoms with E-state index in [0.29, 0.717) is 5.56 Å². The summed E-state index contributed by atoms with van der Waals surface area (Å²) in [6, 6.07) is 7.44. The Bertz CT molecular complexity index is 490. The molecule has 1 N–H and O–H groups in total. The third kappa shape index (κ3) is 1.59. The maximum atomic E-state index is 11.9. The lowest BCUT2D eigenvalue weighted by molar-refractivity contribution is -0.0755. The fraction of sp³-hybridized carbons (Fsp3) is 0.182. The molecule has 1 amide bonds. The predicted molar refractivity (Wildman–Crippen MR) is 57.4 cm³/mol. The molecule has 0 atom stereocenters. The molecule has 0 spiro atoms. The molecule has 0 saturated carbocycles. The van der Waals surface area contributed by atoms with Crippen LogP contribution >= 0.6 is 0 Å². The summed E-state index contributed by atoms with van der Waals surface area (Å²) in [5.41, 5.74) is 1.59. The number of carbonyl (C=O) groups excluding carboxylic acids is 1. The van der Waals surface area contributed by atoms with E-state index in [1.807, 2.05) is 24.4 Å². The van der Waals surface area contributed by atoms with Gasteiger partial charge in [-0.1, -0.05) is 6.07 Å². The minimum Gasteiger partial charge on any atom is -0.361 e. The first-order chi connectivity index (χ1) is 7.24. The van der Waals surface area contributed by atoms with Crippen molar-refractivity contribution in [1.82, 2.24) is 10.0 Å². The number of hydrogen-bond acceptors (Lipinski definition) is 2. The second-order valence-electron chi connectivity index (χ2n) is 3.23. The summed E-state index contributed by atoms with van der Waals surface area (Å²) in [6.45, 7) is 0. The second kappa shape index (κ2) is 3.74. The van der Waals surface area contributed by atoms with Gasteiger partial charge in [-0.2, -0.15) is 0 Å². The van der Waals surface area contributed by atoms with Crippen LogP contribution in [0.1, 0.15) is 10.4 Å². The Morgan fingerprint density at radius 1 is 1.40 bits per heavy atom. The van der Waals surface area contributed by atoms with Gasteiger partial charge in [0.05, 0.1) is 12.7 Å². The van der Waals surface area contributed by atoms with Crippen LogP contribution < -0.4 is 0 Å². The second-order valence-corrected chi connectivity index (χ2v) is 3.23. The highest BCUT2D eigenvalue weighted by Gasteiger charge is 2.14. The van der Waals surface area contributed by atoms with Crippen molar-refractivity contribution in [3.05, 3.63) is 36.0 Å². The lowest BCUT2D eigenvalue weighted by Crippen LogP contribution is -2.25. The SMILES string of the molecule is CON(C)C(=O)c1cccc2[nH]ccc12. The van der Waals surface area contributed by atoms with Crippen molar-refractivity contribution in [3.63, 3.8) is 0 Å². The molecular formula is C11H12N2O2. The number of aromatic nitrogens is 1. The third-order valence-corrected chi connectivity index (χ3v) is 2.39. The third-order valence-electron chi connectivity index (χ3n) is 2.39. The summed E-state index contributed by atoms with van der Waals surface area (Å²) in [7, 11) is 3.06. The minimum atomic E-state index is -0.150. The zero-order chi connectivity index (χ0) is 10.8. The van der Waals surface area contributed by atoms with Gasteiger partial charge in [0, 0.05) is 24.1 Å². The van der Waals surface area contributed by atoms with E-state index in [0.717, 1.165) is 10.9 Å². The molecule has 0 saturated heterocycles. The molecule has 78 valence electrons. The smallest absolute Gasteiger partial charge is 0.277 e. The van der Waals surface area contributed by atoms with Crippen LogP contribution in [0.25, 0.3) is 10.9 Å². The molecule has 2 aromatic rings. The van der Waals surface area contributed by atoms with Gasteiger partial charge in [-0.25, -0.2) is 5.06 Å². The lowest BCUT2D eigenvalue weighted by atomic mass is 10.1. The molecule has 4 nitrogen and oxygen atoms in total. The van der Waals surface area contributed by atoms with Gasteiger partial charge in [-0.3, -0.25) is 9.63 Å². The summed E-state index contributed by atoms with van der Waals surface area (Å²) in [6.07, 6.45) is 1.81. The molecule has 0 unspecified atom stereocenters. The van der Waals surface area contributed by atoms with Crippen molar-refractivity contribution in [2.45, 2.75) is 0 Å². The molecule has 4 heteroatoms. The number of nitrogens with one attached hydrogen (secondary N) is 1. The summed E-state index contributed by atoms with van der Waals surface area (Å²) < 4.78 is 0. The summed E-state index contributed by atoms with van der Waals surface area (Å²) in [5.74, 6) is -0.150. The highest BCUT2D eigenvalue weighted by molar-refractivity contribution is 6.05. The number of nitrogens with zero attached hydrogens (tertiary/aromatic N) is 1. The predicted octanol–water partition coefficient (Wildman–Crippen LogP) is 1.80. The molecule has 1 heterocycles. The van der Waals surface area contributed by atoms with Gasteiger partial charge in [-0.15, -0.1) is 0 Å². The number of aromatic amines is 1. The van der Waals surface area contributed by atoms with Gasteiger partial charge in [0.2, 0.25) is 0 Å². The van der Waals surface area contributed by atoms with Crippen LogP contribution in [0.5, 0.6) is 0 Å². The number of hydroxylamine groups is 2. The normalized spacial score (nSPS) is 10.5. The average Bonchev–Trinajstić information content (AvgIpc) is 2.74. The Kier molecular flexibility index (Phi) is 2.43. The highest BCUT2D eigenvalue weighted by Crippen LogP contribution is 2.18. The molecule has 1 aromatic carbocycles. The van der Waals surface area contributed by atoms with Crippen molar-refractivity contribution in [1.29, 1.82) is 0 Å². The van der Waals surface area contributed by atoms with Gasteiger partial charge >= 0.3 is 0 Å². The maximum absolute atomic E-state index is 11.9. The monoisotopic (exact) mass is 204 g/mol. The van der Waals surface area contributed by atoms with E-state index in [1.165, 1.54) is 12.2 Å². The summed E-state index contributed by atoms with van der Waals surface area (Å²) in [5, 5.41) is 2.12. The largest absolute Gasteiger partial charge is 0.361 e. The quantitative estimate of drug-likeness (QED) is 0.758. The number of rotatable bonds is 2. The van der Waals surface area contributed by atoms with E-state index in [-0.39, 0.29) is 5.91 Å². The molecule has 0 bridgehead atoms. The van der Waals surface area contributed by atoms with Crippen LogP contribution in [-0.4, -0.2) is 30.1 Å². The minimum absolute atomic E-state index is 0.150. The Labute approximate surface area is 87.4 Å². The molecule has 0 aliphatic rings. The topological polar surface area (TPSA) is 45.3 Å². The van der Waals surface area contributed by atoms with Gasteiger partial charge in [0.1, 0.15) is 0 Å². The zero-order valence-corrected chi connectivity index (χ0v) is 8.65. The van der Waals surface area contributed by atoms with Gasteiger partial charge in [-0.05, 0) is 18.2 Å². The fourth-order valence-corrected chi connectivity index (χ4v) is 1.52. The van der Waals surface area contributed by atoms with Gasteiger partial charge in [0.25, 0.3) is 5.91 Å². The van der Waals surface area contributed by atoms with Crippen molar-refractivity contribution < 1.29 is 9.63 Å². The Morgan fingerprint density at radius 2 is 2.20 bits per heavy atom. The van der Waals surface area contributed by atoms with Crippen molar-refractivity contribution >= 4 is 16.8 Å². The van der Waals surface area contributed by atoms with Crippen LogP contribution in [0.15, 0.2) is 30.5 Å². The Balaban J connectivity index is 2.51. The first-order valence-corrected chi connectivity index (χ1v) is 4.62. The van der Waals surface area contributed by atoms with E-state index in [9.17, 15) is 4.79 Å². The van der Waals surface area contributed by atoms with E-state index in [2.05, 4.69) is 4.98 Å². The zero-order valence-electron chi connectivity index (χ0n) is 8.65. The van der Waals surface area contributed by atoms with Crippen molar-refractivity contribution in [2.24, 2.45) is 0 Å². The van der Waals surface area contributed by atoms with E-state index >= 15 is 0 Å². The van der Waals surface area contributed by atoms with Crippen LogP contribution in [0.3, 0.4) is 0 Å². The van der Waals surface area contributed by atoms with E-state index in [1.54, 1.807) is 13.1 Å². The van der Waals surface area contributed by atoms with Crippen molar-refractivity contribution in [2.75, 3.05) is 14.2 Å². The number of amides is 1. The van der Waals surface area contributed by atoms with Crippen LogP contribution in [-0.2, 0) is 4.84 Å². The number of hydrogen-bond donors (Lipinski definition) is 1. The number of fused-ring (bicyclic) bond motifs is 1. The first kappa shape index (κ1) is 9.73. The Hall–Kier alpha value is -1.81. The van der Waals surface area contributed by atoms with Crippen LogP contribution in [0, 0.1) is 0 Å². The number of carbonyl (C=O) groups is 1. The molecule has 0 aliphatic heterocycles. The van der Waals surface area contributed by atoms with Gasteiger partial charge in [0.15, 0.2) is 0 Å². The number of H-pyrrole nitrogens is 1. The lowest BCUT2D eigenvalue weighted by Gasteiger charge is -2.13. The Morgan fingerprint density at radius 3 is 2.93 bits per heavy atom. The van der Waals surface area contributed by atoms with Gasteiger partial charge < -0.3 is 4.98 Å². The molecule has 15 heavy (non-hydrogen) atoms. The van der Waals surface area contributed by atoms with Crippen LogP contribution in [0.2, 0.25) is 0 Å². The molecule has 0 radical (unpaired) electrons. The summed E-state index contributed by atoms with van der Waals surface area (Å²) in [4.78, 5) is 19.8. The molecular weight excluding hydrogens is 192 g/mol. The van der Waals surface area contributed by atoms with Crippen molar-refractivity contribution in [3.8, 4) is 0 Å². The molecule has 1 aromatic heterocycles. The fourth-order valence-electron chi connectivity index (χ4n) is 1.52. The standard InChI is InChI=1S/C11H12N2O2/c1-13(15-2)11(14)9-4-3-5-10-8(9)6-7-12-10/h3-7,12H,1-2H3. The molecule has 0 aliphatic carbocycles. The molecule has 2 rings (SSSR count).